The normalized spacial score (nSPS) is 20.8. The zero-order valence-electron chi connectivity index (χ0n) is 8.67. The molecule has 0 aromatic heterocycles. The van der Waals surface area contributed by atoms with Crippen LogP contribution in [0.4, 0.5) is 0 Å². The number of hydrogen-bond donors (Lipinski definition) is 1. The van der Waals surface area contributed by atoms with E-state index in [1.54, 1.807) is 0 Å². The molecule has 1 aliphatic heterocycles. The van der Waals surface area contributed by atoms with E-state index >= 15 is 0 Å². The zero-order valence-corrected chi connectivity index (χ0v) is 8.67. The lowest BCUT2D eigenvalue weighted by Gasteiger charge is -2.28. The third-order valence-corrected chi connectivity index (χ3v) is 2.62. The van der Waals surface area contributed by atoms with Gasteiger partial charge in [0.2, 0.25) is 0 Å². The molecule has 1 saturated heterocycles. The minimum Gasteiger partial charge on any atom is -0.378 e. The monoisotopic (exact) mass is 186 g/mol. The molecule has 1 aliphatic rings. The molecule has 3 nitrogen and oxygen atoms in total. The molecule has 78 valence electrons. The van der Waals surface area contributed by atoms with Gasteiger partial charge in [0.05, 0.1) is 6.10 Å². The third kappa shape index (κ3) is 4.60. The molecule has 0 aliphatic carbocycles. The summed E-state index contributed by atoms with van der Waals surface area (Å²) in [6.07, 6.45) is 5.10. The molecular formula is C10H22N2O. The predicted octanol–water partition coefficient (Wildman–Crippen LogP) is 0.836. The average Bonchev–Trinajstić information content (AvgIpc) is 2.15. The van der Waals surface area contributed by atoms with Crippen molar-refractivity contribution in [2.75, 3.05) is 33.3 Å². The molecule has 0 atom stereocenters. The summed E-state index contributed by atoms with van der Waals surface area (Å²) in [6.45, 7) is 4.05. The molecule has 0 spiro atoms. The summed E-state index contributed by atoms with van der Waals surface area (Å²) in [4.78, 5) is 2.36. The Kier molecular flexibility index (Phi) is 5.35. The Labute approximate surface area is 81.2 Å². The SMILES string of the molecule is CN1CCC(OCCCCN)CC1. The quantitative estimate of drug-likeness (QED) is 0.647. The van der Waals surface area contributed by atoms with Crippen LogP contribution in [-0.4, -0.2) is 44.3 Å². The molecule has 1 fully saturated rings. The molecule has 0 radical (unpaired) electrons. The molecule has 1 heterocycles. The summed E-state index contributed by atoms with van der Waals surface area (Å²) in [6, 6.07) is 0. The van der Waals surface area contributed by atoms with E-state index in [1.165, 1.54) is 25.9 Å². The van der Waals surface area contributed by atoms with Crippen molar-refractivity contribution in [3.05, 3.63) is 0 Å². The van der Waals surface area contributed by atoms with Crippen molar-refractivity contribution in [3.63, 3.8) is 0 Å². The van der Waals surface area contributed by atoms with Gasteiger partial charge in [0.15, 0.2) is 0 Å². The second-order valence-electron chi connectivity index (χ2n) is 3.87. The molecule has 2 N–H and O–H groups in total. The van der Waals surface area contributed by atoms with Gasteiger partial charge in [0.25, 0.3) is 0 Å². The first-order valence-corrected chi connectivity index (χ1v) is 5.33. The van der Waals surface area contributed by atoms with Crippen molar-refractivity contribution < 1.29 is 4.74 Å². The molecule has 0 aromatic rings. The summed E-state index contributed by atoms with van der Waals surface area (Å²) in [7, 11) is 2.17. The highest BCUT2D eigenvalue weighted by atomic mass is 16.5. The summed E-state index contributed by atoms with van der Waals surface area (Å²) < 4.78 is 5.75. The largest absolute Gasteiger partial charge is 0.378 e. The van der Waals surface area contributed by atoms with Gasteiger partial charge in [0.1, 0.15) is 0 Å². The number of nitrogens with zero attached hydrogens (tertiary/aromatic N) is 1. The first-order chi connectivity index (χ1) is 6.33. The highest BCUT2D eigenvalue weighted by Gasteiger charge is 2.16. The predicted molar refractivity (Wildman–Crippen MR) is 54.8 cm³/mol. The lowest BCUT2D eigenvalue weighted by atomic mass is 10.1. The van der Waals surface area contributed by atoms with Crippen molar-refractivity contribution in [2.45, 2.75) is 31.8 Å². The topological polar surface area (TPSA) is 38.5 Å². The number of hydrogen-bond acceptors (Lipinski definition) is 3. The second-order valence-corrected chi connectivity index (χ2v) is 3.87. The van der Waals surface area contributed by atoms with Crippen molar-refractivity contribution >= 4 is 0 Å². The number of rotatable bonds is 5. The first-order valence-electron chi connectivity index (χ1n) is 5.33. The van der Waals surface area contributed by atoms with Crippen LogP contribution in [0.2, 0.25) is 0 Å². The maximum atomic E-state index is 5.75. The molecular weight excluding hydrogens is 164 g/mol. The summed E-state index contributed by atoms with van der Waals surface area (Å²) in [5.74, 6) is 0. The summed E-state index contributed by atoms with van der Waals surface area (Å²) in [5, 5.41) is 0. The van der Waals surface area contributed by atoms with E-state index in [-0.39, 0.29) is 0 Å². The Balaban J connectivity index is 1.96. The van der Waals surface area contributed by atoms with E-state index in [0.29, 0.717) is 6.10 Å². The Hall–Kier alpha value is -0.120. The van der Waals surface area contributed by atoms with Crippen molar-refractivity contribution in [3.8, 4) is 0 Å². The van der Waals surface area contributed by atoms with E-state index in [2.05, 4.69) is 11.9 Å². The van der Waals surface area contributed by atoms with Crippen LogP contribution in [0.5, 0.6) is 0 Å². The fourth-order valence-corrected chi connectivity index (χ4v) is 1.65. The van der Waals surface area contributed by atoms with Crippen LogP contribution in [-0.2, 0) is 4.74 Å². The average molecular weight is 186 g/mol. The number of likely N-dealkylation sites (tertiary alicyclic amines) is 1. The van der Waals surface area contributed by atoms with Crippen molar-refractivity contribution in [2.24, 2.45) is 5.73 Å². The lowest BCUT2D eigenvalue weighted by molar-refractivity contribution is 0.0111. The molecule has 0 saturated carbocycles. The van der Waals surface area contributed by atoms with E-state index in [9.17, 15) is 0 Å². The number of ether oxygens (including phenoxy) is 1. The zero-order chi connectivity index (χ0) is 9.52. The Bertz CT molecular complexity index is 122. The Morgan fingerprint density at radius 2 is 2.00 bits per heavy atom. The van der Waals surface area contributed by atoms with Crippen LogP contribution in [0.25, 0.3) is 0 Å². The van der Waals surface area contributed by atoms with Gasteiger partial charge in [-0.1, -0.05) is 0 Å². The lowest BCUT2D eigenvalue weighted by Crippen LogP contribution is -2.34. The smallest absolute Gasteiger partial charge is 0.0599 e. The highest BCUT2D eigenvalue weighted by Crippen LogP contribution is 2.12. The second kappa shape index (κ2) is 6.35. The fourth-order valence-electron chi connectivity index (χ4n) is 1.65. The first kappa shape index (κ1) is 11.0. The Morgan fingerprint density at radius 1 is 1.31 bits per heavy atom. The van der Waals surface area contributed by atoms with Crippen molar-refractivity contribution in [1.29, 1.82) is 0 Å². The van der Waals surface area contributed by atoms with Gasteiger partial charge in [-0.3, -0.25) is 0 Å². The molecule has 0 aromatic carbocycles. The van der Waals surface area contributed by atoms with Gasteiger partial charge in [-0.15, -0.1) is 0 Å². The molecule has 0 bridgehead atoms. The standard InChI is InChI=1S/C10H22N2O/c1-12-7-4-10(5-8-12)13-9-3-2-6-11/h10H,2-9,11H2,1H3. The van der Waals surface area contributed by atoms with Gasteiger partial charge < -0.3 is 15.4 Å². The van der Waals surface area contributed by atoms with E-state index in [0.717, 1.165) is 26.0 Å². The highest BCUT2D eigenvalue weighted by molar-refractivity contribution is 4.69. The van der Waals surface area contributed by atoms with E-state index in [1.807, 2.05) is 0 Å². The van der Waals surface area contributed by atoms with Crippen LogP contribution >= 0.6 is 0 Å². The molecule has 1 rings (SSSR count). The molecule has 0 amide bonds. The van der Waals surface area contributed by atoms with E-state index < -0.39 is 0 Å². The molecule has 3 heteroatoms. The van der Waals surface area contributed by atoms with Crippen LogP contribution < -0.4 is 5.73 Å². The maximum absolute atomic E-state index is 5.75. The van der Waals surface area contributed by atoms with Gasteiger partial charge in [0, 0.05) is 19.7 Å². The van der Waals surface area contributed by atoms with Gasteiger partial charge >= 0.3 is 0 Å². The van der Waals surface area contributed by atoms with Gasteiger partial charge in [-0.05, 0) is 39.3 Å². The maximum Gasteiger partial charge on any atom is 0.0599 e. The number of nitrogens with two attached hydrogens (primary N) is 1. The minimum atomic E-state index is 0.508. The van der Waals surface area contributed by atoms with Gasteiger partial charge in [-0.25, -0.2) is 0 Å². The van der Waals surface area contributed by atoms with Gasteiger partial charge in [-0.2, -0.15) is 0 Å². The molecule has 0 unspecified atom stereocenters. The van der Waals surface area contributed by atoms with E-state index in [4.69, 9.17) is 10.5 Å². The minimum absolute atomic E-state index is 0.508. The summed E-state index contributed by atoms with van der Waals surface area (Å²) in [5.41, 5.74) is 5.40. The van der Waals surface area contributed by atoms with Crippen molar-refractivity contribution in [1.82, 2.24) is 4.90 Å². The van der Waals surface area contributed by atoms with Crippen LogP contribution in [0, 0.1) is 0 Å². The number of unbranched alkanes of at least 4 members (excludes halogenated alkanes) is 1. The van der Waals surface area contributed by atoms with Crippen LogP contribution in [0.15, 0.2) is 0 Å². The van der Waals surface area contributed by atoms with Crippen LogP contribution in [0.1, 0.15) is 25.7 Å². The molecule has 13 heavy (non-hydrogen) atoms. The fraction of sp³-hybridized carbons (Fsp3) is 1.00. The third-order valence-electron chi connectivity index (χ3n) is 2.62. The number of piperidine rings is 1. The summed E-state index contributed by atoms with van der Waals surface area (Å²) >= 11 is 0. The van der Waals surface area contributed by atoms with Crippen LogP contribution in [0.3, 0.4) is 0 Å². The Morgan fingerprint density at radius 3 is 2.62 bits per heavy atom.